The summed E-state index contributed by atoms with van der Waals surface area (Å²) in [6.45, 7) is 4.24. The molecule has 0 radical (unpaired) electrons. The molecule has 3 amide bonds. The summed E-state index contributed by atoms with van der Waals surface area (Å²) < 4.78 is 0. The first kappa shape index (κ1) is 23.1. The van der Waals surface area contributed by atoms with E-state index in [4.69, 9.17) is 0 Å². The van der Waals surface area contributed by atoms with Crippen LogP contribution < -0.4 is 16.0 Å². The third kappa shape index (κ3) is 6.14. The van der Waals surface area contributed by atoms with Crippen molar-refractivity contribution in [2.24, 2.45) is 5.92 Å². The van der Waals surface area contributed by atoms with Gasteiger partial charge in [0.1, 0.15) is 18.1 Å². The van der Waals surface area contributed by atoms with E-state index in [-0.39, 0.29) is 24.3 Å². The van der Waals surface area contributed by atoms with Gasteiger partial charge in [-0.2, -0.15) is 0 Å². The lowest BCUT2D eigenvalue weighted by atomic mass is 10.0. The Morgan fingerprint density at radius 1 is 1.10 bits per heavy atom. The largest absolute Gasteiger partial charge is 0.480 e. The number of nitrogens with one attached hydrogen (secondary N) is 3. The first-order valence-electron chi connectivity index (χ1n) is 10.2. The van der Waals surface area contributed by atoms with Crippen LogP contribution in [0.15, 0.2) is 0 Å². The van der Waals surface area contributed by atoms with E-state index in [2.05, 4.69) is 16.0 Å². The Morgan fingerprint density at radius 3 is 2.38 bits per heavy atom. The molecule has 29 heavy (non-hydrogen) atoms. The molecule has 4 atom stereocenters. The van der Waals surface area contributed by atoms with Crippen LogP contribution in [-0.2, 0) is 19.2 Å². The molecule has 0 aromatic rings. The van der Waals surface area contributed by atoms with Crippen LogP contribution in [0.1, 0.15) is 46.0 Å². The zero-order valence-electron chi connectivity index (χ0n) is 17.0. The fraction of sp³-hybridized carbons (Fsp3) is 0.789. The topological polar surface area (TPSA) is 148 Å². The zero-order valence-corrected chi connectivity index (χ0v) is 17.0. The predicted octanol–water partition coefficient (Wildman–Crippen LogP) is -1.18. The van der Waals surface area contributed by atoms with Gasteiger partial charge >= 0.3 is 5.97 Å². The van der Waals surface area contributed by atoms with Crippen LogP contribution in [0.5, 0.6) is 0 Å². The van der Waals surface area contributed by atoms with Crippen molar-refractivity contribution < 1.29 is 29.4 Å². The van der Waals surface area contributed by atoms with E-state index in [0.29, 0.717) is 19.4 Å². The lowest BCUT2D eigenvalue weighted by molar-refractivity contribution is -0.143. The molecule has 2 aliphatic heterocycles. The molecule has 2 heterocycles. The van der Waals surface area contributed by atoms with Gasteiger partial charge < -0.3 is 31.1 Å². The van der Waals surface area contributed by atoms with E-state index in [0.717, 1.165) is 19.4 Å². The van der Waals surface area contributed by atoms with Crippen molar-refractivity contribution in [3.8, 4) is 0 Å². The highest BCUT2D eigenvalue weighted by atomic mass is 16.4. The van der Waals surface area contributed by atoms with Gasteiger partial charge in [0.15, 0.2) is 0 Å². The molecule has 0 aromatic carbocycles. The lowest BCUT2D eigenvalue weighted by Gasteiger charge is -2.28. The Labute approximate surface area is 170 Å². The number of amides is 3. The summed E-state index contributed by atoms with van der Waals surface area (Å²) in [5.74, 6) is -2.53. The molecule has 0 spiro atoms. The number of likely N-dealkylation sites (tertiary alicyclic amines) is 1. The van der Waals surface area contributed by atoms with Gasteiger partial charge in [0.2, 0.25) is 17.7 Å². The second-order valence-electron chi connectivity index (χ2n) is 8.11. The van der Waals surface area contributed by atoms with E-state index in [1.807, 2.05) is 13.8 Å². The van der Waals surface area contributed by atoms with Crippen molar-refractivity contribution in [2.75, 3.05) is 19.7 Å². The third-order valence-corrected chi connectivity index (χ3v) is 5.33. The summed E-state index contributed by atoms with van der Waals surface area (Å²) in [4.78, 5) is 50.7. The summed E-state index contributed by atoms with van der Waals surface area (Å²) >= 11 is 0. The molecule has 2 rings (SSSR count). The van der Waals surface area contributed by atoms with E-state index in [1.54, 1.807) is 0 Å². The van der Waals surface area contributed by atoms with Crippen LogP contribution in [0.25, 0.3) is 0 Å². The number of rotatable bonds is 9. The molecular weight excluding hydrogens is 380 g/mol. The standard InChI is InChI=1S/C19H32N4O6/c1-11(2)9-13(19(28)29)21-16(25)14(10-24)22-17(26)15-6-4-8-23(15)18(27)12-5-3-7-20-12/h11-15,20,24H,3-10H2,1-2H3,(H,21,25)(H,22,26)(H,28,29). The fourth-order valence-electron chi connectivity index (χ4n) is 3.83. The number of carbonyl (C=O) groups is 4. The minimum atomic E-state index is -1.28. The Bertz CT molecular complexity index is 620. The van der Waals surface area contributed by atoms with Crippen molar-refractivity contribution >= 4 is 23.7 Å². The Morgan fingerprint density at radius 2 is 1.83 bits per heavy atom. The summed E-state index contributed by atoms with van der Waals surface area (Å²) in [7, 11) is 0. The molecule has 2 saturated heterocycles. The van der Waals surface area contributed by atoms with Gasteiger partial charge in [-0.25, -0.2) is 4.79 Å². The smallest absolute Gasteiger partial charge is 0.326 e. The summed E-state index contributed by atoms with van der Waals surface area (Å²) in [5, 5.41) is 26.8. The van der Waals surface area contributed by atoms with Crippen LogP contribution >= 0.6 is 0 Å². The van der Waals surface area contributed by atoms with E-state index < -0.39 is 42.5 Å². The molecule has 10 nitrogen and oxygen atoms in total. The lowest BCUT2D eigenvalue weighted by Crippen LogP contribution is -2.57. The minimum Gasteiger partial charge on any atom is -0.480 e. The maximum absolute atomic E-state index is 12.7. The normalized spacial score (nSPS) is 23.7. The van der Waals surface area contributed by atoms with Crippen LogP contribution in [-0.4, -0.2) is 82.7 Å². The van der Waals surface area contributed by atoms with Gasteiger partial charge in [0.25, 0.3) is 0 Å². The molecule has 2 fully saturated rings. The number of aliphatic hydroxyl groups excluding tert-OH is 1. The van der Waals surface area contributed by atoms with Crippen LogP contribution in [0.4, 0.5) is 0 Å². The molecule has 0 bridgehead atoms. The number of aliphatic carboxylic acids is 1. The van der Waals surface area contributed by atoms with E-state index in [1.165, 1.54) is 4.90 Å². The molecule has 0 aromatic heterocycles. The fourth-order valence-corrected chi connectivity index (χ4v) is 3.83. The van der Waals surface area contributed by atoms with Crippen LogP contribution in [0.3, 0.4) is 0 Å². The van der Waals surface area contributed by atoms with Crippen LogP contribution in [0.2, 0.25) is 0 Å². The first-order chi connectivity index (χ1) is 13.7. The zero-order chi connectivity index (χ0) is 21.6. The van der Waals surface area contributed by atoms with Crippen molar-refractivity contribution in [1.29, 1.82) is 0 Å². The summed E-state index contributed by atoms with van der Waals surface area (Å²) in [6, 6.07) is -3.37. The van der Waals surface area contributed by atoms with Gasteiger partial charge in [0, 0.05) is 6.54 Å². The minimum absolute atomic E-state index is 0.0424. The number of carboxylic acids is 1. The van der Waals surface area contributed by atoms with Crippen molar-refractivity contribution in [2.45, 2.75) is 70.1 Å². The van der Waals surface area contributed by atoms with Crippen LogP contribution in [0, 0.1) is 5.92 Å². The quantitative estimate of drug-likeness (QED) is 0.320. The average Bonchev–Trinajstić information content (AvgIpc) is 3.35. The first-order valence-corrected chi connectivity index (χ1v) is 10.2. The molecule has 0 aliphatic carbocycles. The Balaban J connectivity index is 1.97. The number of aliphatic hydroxyl groups is 1. The molecule has 164 valence electrons. The highest BCUT2D eigenvalue weighted by Crippen LogP contribution is 2.21. The third-order valence-electron chi connectivity index (χ3n) is 5.33. The van der Waals surface area contributed by atoms with E-state index in [9.17, 15) is 29.4 Å². The second-order valence-corrected chi connectivity index (χ2v) is 8.11. The highest BCUT2D eigenvalue weighted by Gasteiger charge is 2.39. The van der Waals surface area contributed by atoms with Gasteiger partial charge in [-0.05, 0) is 44.6 Å². The molecule has 2 aliphatic rings. The monoisotopic (exact) mass is 412 g/mol. The van der Waals surface area contributed by atoms with Crippen molar-refractivity contribution in [3.05, 3.63) is 0 Å². The number of carbonyl (C=O) groups excluding carboxylic acids is 3. The average molecular weight is 412 g/mol. The molecule has 5 N–H and O–H groups in total. The predicted molar refractivity (Wildman–Crippen MR) is 104 cm³/mol. The molecule has 0 saturated carbocycles. The summed E-state index contributed by atoms with van der Waals surface area (Å²) in [6.07, 6.45) is 3.04. The van der Waals surface area contributed by atoms with Gasteiger partial charge in [0.05, 0.1) is 12.6 Å². The van der Waals surface area contributed by atoms with Gasteiger partial charge in [-0.1, -0.05) is 13.8 Å². The number of hydrogen-bond acceptors (Lipinski definition) is 6. The summed E-state index contributed by atoms with van der Waals surface area (Å²) in [5.41, 5.74) is 0. The molecular formula is C19H32N4O6. The Kier molecular flexibility index (Phi) is 8.39. The van der Waals surface area contributed by atoms with Gasteiger partial charge in [-0.3, -0.25) is 14.4 Å². The molecule has 10 heteroatoms. The van der Waals surface area contributed by atoms with Crippen molar-refractivity contribution in [3.63, 3.8) is 0 Å². The molecule has 4 unspecified atom stereocenters. The Hall–Kier alpha value is -2.20. The van der Waals surface area contributed by atoms with Gasteiger partial charge in [-0.15, -0.1) is 0 Å². The maximum atomic E-state index is 12.7. The number of carboxylic acid groups (broad SMARTS) is 1. The number of nitrogens with zero attached hydrogens (tertiary/aromatic N) is 1. The van der Waals surface area contributed by atoms with E-state index >= 15 is 0 Å². The highest BCUT2D eigenvalue weighted by molar-refractivity contribution is 5.94. The second kappa shape index (κ2) is 10.5. The number of hydrogen-bond donors (Lipinski definition) is 5. The maximum Gasteiger partial charge on any atom is 0.326 e. The van der Waals surface area contributed by atoms with Crippen molar-refractivity contribution in [1.82, 2.24) is 20.9 Å². The SMILES string of the molecule is CC(C)CC(NC(=O)C(CO)NC(=O)C1CCCN1C(=O)C1CCCN1)C(=O)O.